The Bertz CT molecular complexity index is 266. The molecule has 78 valence electrons. The van der Waals surface area contributed by atoms with Gasteiger partial charge in [0.2, 0.25) is 0 Å². The second-order valence-corrected chi connectivity index (χ2v) is 4.87. The normalized spacial score (nSPS) is 25.9. The lowest BCUT2D eigenvalue weighted by Gasteiger charge is -2.28. The largest absolute Gasteiger partial charge is 0.0961 e. The van der Waals surface area contributed by atoms with Gasteiger partial charge in [-0.3, -0.25) is 0 Å². The molecule has 0 aliphatic heterocycles. The van der Waals surface area contributed by atoms with Crippen LogP contribution >= 0.6 is 0 Å². The number of allylic oxidation sites excluding steroid dienone is 4. The van der Waals surface area contributed by atoms with Crippen molar-refractivity contribution in [2.45, 2.75) is 40.0 Å². The standard InChI is InChI=1S/C14H22/c1-10(2)8-14-7-6-13(11(3)4)9-12(14)5/h8,11,13H,1,5-7,9H2,2-4H3/b14-8-. The van der Waals surface area contributed by atoms with Crippen LogP contribution in [-0.2, 0) is 0 Å². The SMILES string of the molecule is C=C(C)/C=C1/CCC(C(C)C)CC1=C. The van der Waals surface area contributed by atoms with Crippen LogP contribution in [0, 0.1) is 11.8 Å². The van der Waals surface area contributed by atoms with Crippen molar-refractivity contribution in [3.05, 3.63) is 36.0 Å². The fourth-order valence-electron chi connectivity index (χ4n) is 2.11. The summed E-state index contributed by atoms with van der Waals surface area (Å²) in [6, 6.07) is 0. The molecule has 0 aromatic rings. The third-order valence-electron chi connectivity index (χ3n) is 3.11. The summed E-state index contributed by atoms with van der Waals surface area (Å²) in [5.74, 6) is 1.63. The highest BCUT2D eigenvalue weighted by Gasteiger charge is 2.21. The number of hydrogen-bond donors (Lipinski definition) is 0. The summed E-state index contributed by atoms with van der Waals surface area (Å²) in [6.45, 7) is 14.8. The minimum atomic E-state index is 0.790. The molecule has 1 aliphatic rings. The van der Waals surface area contributed by atoms with Gasteiger partial charge in [-0.05, 0) is 43.6 Å². The summed E-state index contributed by atoms with van der Waals surface area (Å²) in [4.78, 5) is 0. The highest BCUT2D eigenvalue weighted by molar-refractivity contribution is 5.35. The monoisotopic (exact) mass is 190 g/mol. The Balaban J connectivity index is 2.65. The minimum Gasteiger partial charge on any atom is -0.0961 e. The molecule has 1 aliphatic carbocycles. The smallest absolute Gasteiger partial charge is 0.0251 e. The topological polar surface area (TPSA) is 0 Å². The van der Waals surface area contributed by atoms with Crippen molar-refractivity contribution in [1.82, 2.24) is 0 Å². The van der Waals surface area contributed by atoms with Crippen molar-refractivity contribution in [2.24, 2.45) is 11.8 Å². The average molecular weight is 190 g/mol. The van der Waals surface area contributed by atoms with Gasteiger partial charge in [0.05, 0.1) is 0 Å². The van der Waals surface area contributed by atoms with Gasteiger partial charge in [0.25, 0.3) is 0 Å². The van der Waals surface area contributed by atoms with Crippen LogP contribution in [0.1, 0.15) is 40.0 Å². The van der Waals surface area contributed by atoms with Crippen LogP contribution in [0.4, 0.5) is 0 Å². The quantitative estimate of drug-likeness (QED) is 0.601. The second kappa shape index (κ2) is 4.63. The summed E-state index contributed by atoms with van der Waals surface area (Å²) in [6.07, 6.45) is 5.88. The summed E-state index contributed by atoms with van der Waals surface area (Å²) < 4.78 is 0. The molecular weight excluding hydrogens is 168 g/mol. The Morgan fingerprint density at radius 3 is 2.57 bits per heavy atom. The zero-order valence-electron chi connectivity index (χ0n) is 9.77. The molecule has 0 aromatic heterocycles. The maximum Gasteiger partial charge on any atom is -0.0251 e. The van der Waals surface area contributed by atoms with Gasteiger partial charge in [-0.25, -0.2) is 0 Å². The Morgan fingerprint density at radius 2 is 2.14 bits per heavy atom. The summed E-state index contributed by atoms with van der Waals surface area (Å²) in [5, 5.41) is 0. The summed E-state index contributed by atoms with van der Waals surface area (Å²) in [7, 11) is 0. The first kappa shape index (κ1) is 11.3. The van der Waals surface area contributed by atoms with E-state index in [0.717, 1.165) is 17.4 Å². The van der Waals surface area contributed by atoms with E-state index < -0.39 is 0 Å². The van der Waals surface area contributed by atoms with Gasteiger partial charge in [0, 0.05) is 0 Å². The first-order chi connectivity index (χ1) is 6.50. The lowest BCUT2D eigenvalue weighted by Crippen LogP contribution is -2.15. The Hall–Kier alpha value is -0.780. The Morgan fingerprint density at radius 1 is 1.50 bits per heavy atom. The molecule has 0 amide bonds. The molecule has 0 spiro atoms. The molecular formula is C14H22. The molecule has 0 aromatic carbocycles. The number of rotatable bonds is 2. The summed E-state index contributed by atoms with van der Waals surface area (Å²) in [5.41, 5.74) is 3.90. The molecule has 14 heavy (non-hydrogen) atoms. The lowest BCUT2D eigenvalue weighted by atomic mass is 9.77. The average Bonchev–Trinajstić information content (AvgIpc) is 2.07. The molecule has 0 saturated heterocycles. The highest BCUT2D eigenvalue weighted by atomic mass is 14.3. The van der Waals surface area contributed by atoms with Crippen molar-refractivity contribution in [3.8, 4) is 0 Å². The van der Waals surface area contributed by atoms with Crippen molar-refractivity contribution in [2.75, 3.05) is 0 Å². The van der Waals surface area contributed by atoms with Gasteiger partial charge in [-0.2, -0.15) is 0 Å². The van der Waals surface area contributed by atoms with Crippen LogP contribution in [0.5, 0.6) is 0 Å². The van der Waals surface area contributed by atoms with E-state index in [1.165, 1.54) is 30.4 Å². The molecule has 0 bridgehead atoms. The summed E-state index contributed by atoms with van der Waals surface area (Å²) >= 11 is 0. The van der Waals surface area contributed by atoms with Crippen LogP contribution in [0.3, 0.4) is 0 Å². The molecule has 0 nitrogen and oxygen atoms in total. The molecule has 0 heteroatoms. The van der Waals surface area contributed by atoms with E-state index in [9.17, 15) is 0 Å². The maximum absolute atomic E-state index is 4.17. The second-order valence-electron chi connectivity index (χ2n) is 4.87. The lowest BCUT2D eigenvalue weighted by molar-refractivity contribution is 0.342. The molecule has 1 fully saturated rings. The molecule has 1 saturated carbocycles. The zero-order chi connectivity index (χ0) is 10.7. The van der Waals surface area contributed by atoms with E-state index in [0.29, 0.717) is 0 Å². The molecule has 0 radical (unpaired) electrons. The molecule has 0 heterocycles. The number of hydrogen-bond acceptors (Lipinski definition) is 0. The van der Waals surface area contributed by atoms with Crippen LogP contribution in [0.2, 0.25) is 0 Å². The van der Waals surface area contributed by atoms with E-state index in [4.69, 9.17) is 0 Å². The first-order valence-electron chi connectivity index (χ1n) is 5.55. The molecule has 1 atom stereocenters. The van der Waals surface area contributed by atoms with Crippen LogP contribution in [0.15, 0.2) is 36.0 Å². The van der Waals surface area contributed by atoms with Gasteiger partial charge < -0.3 is 0 Å². The van der Waals surface area contributed by atoms with E-state index in [2.05, 4.69) is 40.0 Å². The first-order valence-corrected chi connectivity index (χ1v) is 5.55. The highest BCUT2D eigenvalue weighted by Crippen LogP contribution is 2.36. The fourth-order valence-corrected chi connectivity index (χ4v) is 2.11. The van der Waals surface area contributed by atoms with Gasteiger partial charge in [0.1, 0.15) is 0 Å². The van der Waals surface area contributed by atoms with Gasteiger partial charge >= 0.3 is 0 Å². The van der Waals surface area contributed by atoms with Crippen LogP contribution in [-0.4, -0.2) is 0 Å². The van der Waals surface area contributed by atoms with Gasteiger partial charge in [0.15, 0.2) is 0 Å². The van der Waals surface area contributed by atoms with Gasteiger partial charge in [-0.15, -0.1) is 0 Å². The maximum atomic E-state index is 4.17. The van der Waals surface area contributed by atoms with Crippen molar-refractivity contribution >= 4 is 0 Å². The van der Waals surface area contributed by atoms with E-state index in [-0.39, 0.29) is 0 Å². The third kappa shape index (κ3) is 2.87. The minimum absolute atomic E-state index is 0.790. The van der Waals surface area contributed by atoms with Crippen LogP contribution < -0.4 is 0 Å². The predicted octanol–water partition coefficient (Wildman–Crippen LogP) is 4.50. The van der Waals surface area contributed by atoms with E-state index >= 15 is 0 Å². The van der Waals surface area contributed by atoms with Gasteiger partial charge in [-0.1, -0.05) is 44.2 Å². The van der Waals surface area contributed by atoms with E-state index in [1.807, 2.05) is 0 Å². The van der Waals surface area contributed by atoms with Crippen molar-refractivity contribution in [1.29, 1.82) is 0 Å². The molecule has 1 unspecified atom stereocenters. The molecule has 0 N–H and O–H groups in total. The third-order valence-corrected chi connectivity index (χ3v) is 3.11. The van der Waals surface area contributed by atoms with Crippen molar-refractivity contribution in [3.63, 3.8) is 0 Å². The zero-order valence-corrected chi connectivity index (χ0v) is 9.77. The Labute approximate surface area is 88.4 Å². The van der Waals surface area contributed by atoms with Crippen molar-refractivity contribution < 1.29 is 0 Å². The molecule has 1 rings (SSSR count). The van der Waals surface area contributed by atoms with Crippen LogP contribution in [0.25, 0.3) is 0 Å². The Kier molecular flexibility index (Phi) is 3.74. The predicted molar refractivity (Wildman–Crippen MR) is 64.2 cm³/mol. The van der Waals surface area contributed by atoms with E-state index in [1.54, 1.807) is 0 Å². The fraction of sp³-hybridized carbons (Fsp3) is 0.571.